The Balaban J connectivity index is 1.73. The number of para-hydroxylation sites is 1. The molecule has 2 rings (SSSR count). The molecule has 1 saturated heterocycles. The van der Waals surface area contributed by atoms with E-state index in [2.05, 4.69) is 5.32 Å². The molecule has 1 N–H and O–H groups in total. The van der Waals surface area contributed by atoms with Crippen LogP contribution in [0.1, 0.15) is 26.7 Å². The Morgan fingerprint density at radius 3 is 2.57 bits per heavy atom. The lowest BCUT2D eigenvalue weighted by Gasteiger charge is -2.33. The van der Waals surface area contributed by atoms with Crippen LogP contribution in [0.2, 0.25) is 0 Å². The van der Waals surface area contributed by atoms with Crippen LogP contribution < -0.4 is 10.1 Å². The van der Waals surface area contributed by atoms with Gasteiger partial charge in [0.2, 0.25) is 5.91 Å². The minimum atomic E-state index is -0.485. The van der Waals surface area contributed by atoms with Crippen molar-refractivity contribution in [2.24, 2.45) is 5.92 Å². The average molecular weight is 322 g/mol. The lowest BCUT2D eigenvalue weighted by molar-refractivity contribution is -0.135. The van der Waals surface area contributed by atoms with Crippen molar-refractivity contribution >= 4 is 11.8 Å². The molecule has 1 aliphatic rings. The largest absolute Gasteiger partial charge is 0.481 e. The van der Waals surface area contributed by atoms with Gasteiger partial charge in [0.25, 0.3) is 5.91 Å². The second-order valence-electron chi connectivity index (χ2n) is 6.04. The van der Waals surface area contributed by atoms with Crippen molar-refractivity contribution < 1.29 is 18.7 Å². The third kappa shape index (κ3) is 4.94. The summed E-state index contributed by atoms with van der Waals surface area (Å²) >= 11 is 0. The average Bonchev–Trinajstić information content (AvgIpc) is 2.54. The van der Waals surface area contributed by atoms with Gasteiger partial charge in [-0.15, -0.1) is 0 Å². The number of ether oxygens (including phenoxy) is 1. The summed E-state index contributed by atoms with van der Waals surface area (Å²) in [5.41, 5.74) is 0. The van der Waals surface area contributed by atoms with Crippen molar-refractivity contribution in [1.82, 2.24) is 10.2 Å². The Morgan fingerprint density at radius 1 is 1.30 bits per heavy atom. The molecule has 1 heterocycles. The summed E-state index contributed by atoms with van der Waals surface area (Å²) in [6.45, 7) is 4.85. The van der Waals surface area contributed by atoms with Crippen molar-refractivity contribution in [3.63, 3.8) is 0 Å². The highest BCUT2D eigenvalue weighted by molar-refractivity contribution is 5.79. The number of hydrogen-bond donors (Lipinski definition) is 1. The summed E-state index contributed by atoms with van der Waals surface area (Å²) in [7, 11) is 0. The monoisotopic (exact) mass is 322 g/mol. The van der Waals surface area contributed by atoms with E-state index in [1.165, 1.54) is 12.1 Å². The fraction of sp³-hybridized carbons (Fsp3) is 0.529. The molecular weight excluding hydrogens is 299 g/mol. The lowest BCUT2D eigenvalue weighted by Crippen LogP contribution is -2.48. The normalized spacial score (nSPS) is 15.6. The van der Waals surface area contributed by atoms with Crippen molar-refractivity contribution in [2.45, 2.75) is 32.7 Å². The number of piperidine rings is 1. The molecule has 0 radical (unpaired) electrons. The number of carbonyl (C=O) groups is 2. The molecule has 0 aromatic heterocycles. The van der Waals surface area contributed by atoms with Gasteiger partial charge < -0.3 is 15.0 Å². The molecule has 1 aliphatic heterocycles. The maximum absolute atomic E-state index is 13.4. The fourth-order valence-electron chi connectivity index (χ4n) is 2.58. The summed E-state index contributed by atoms with van der Waals surface area (Å²) in [5.74, 6) is -0.546. The molecule has 1 aromatic carbocycles. The third-order valence-electron chi connectivity index (χ3n) is 3.86. The van der Waals surface area contributed by atoms with Gasteiger partial charge in [-0.1, -0.05) is 26.0 Å². The van der Waals surface area contributed by atoms with Crippen LogP contribution in [-0.4, -0.2) is 42.5 Å². The Hall–Kier alpha value is -2.11. The highest BCUT2D eigenvalue weighted by Gasteiger charge is 2.25. The molecule has 1 aromatic rings. The van der Waals surface area contributed by atoms with Crippen molar-refractivity contribution in [3.8, 4) is 5.75 Å². The first kappa shape index (κ1) is 17.2. The molecule has 5 nitrogen and oxygen atoms in total. The number of nitrogens with one attached hydrogen (secondary N) is 1. The van der Waals surface area contributed by atoms with E-state index in [0.29, 0.717) is 13.1 Å². The van der Waals surface area contributed by atoms with E-state index in [4.69, 9.17) is 4.74 Å². The van der Waals surface area contributed by atoms with E-state index in [0.717, 1.165) is 12.8 Å². The molecule has 0 spiro atoms. The smallest absolute Gasteiger partial charge is 0.258 e. The van der Waals surface area contributed by atoms with E-state index in [1.54, 1.807) is 12.1 Å². The zero-order valence-corrected chi connectivity index (χ0v) is 13.5. The second kappa shape index (κ2) is 7.94. The van der Waals surface area contributed by atoms with E-state index < -0.39 is 5.82 Å². The van der Waals surface area contributed by atoms with E-state index in [9.17, 15) is 14.0 Å². The third-order valence-corrected chi connectivity index (χ3v) is 3.86. The first-order valence-corrected chi connectivity index (χ1v) is 7.93. The summed E-state index contributed by atoms with van der Waals surface area (Å²) in [5, 5.41) is 2.87. The molecule has 0 unspecified atom stereocenters. The van der Waals surface area contributed by atoms with Gasteiger partial charge >= 0.3 is 0 Å². The van der Waals surface area contributed by atoms with Gasteiger partial charge in [0.1, 0.15) is 0 Å². The van der Waals surface area contributed by atoms with E-state index >= 15 is 0 Å². The van der Waals surface area contributed by atoms with Gasteiger partial charge in [0.05, 0.1) is 0 Å². The van der Waals surface area contributed by atoms with Crippen LogP contribution in [-0.2, 0) is 9.59 Å². The minimum Gasteiger partial charge on any atom is -0.481 e. The number of amides is 2. The van der Waals surface area contributed by atoms with Gasteiger partial charge in [0.15, 0.2) is 18.2 Å². The van der Waals surface area contributed by atoms with Crippen LogP contribution in [0.25, 0.3) is 0 Å². The highest BCUT2D eigenvalue weighted by atomic mass is 19.1. The van der Waals surface area contributed by atoms with Gasteiger partial charge in [-0.3, -0.25) is 9.59 Å². The standard InChI is InChI=1S/C17H23FN2O3/c1-12(2)17(22)20-9-7-13(8-10-20)19-16(21)11-23-15-6-4-3-5-14(15)18/h3-6,12-13H,7-11H2,1-2H3,(H,19,21). The maximum atomic E-state index is 13.4. The van der Waals surface area contributed by atoms with Crippen LogP contribution in [0, 0.1) is 11.7 Å². The number of halogens is 1. The minimum absolute atomic E-state index is 0.00434. The SMILES string of the molecule is CC(C)C(=O)N1CCC(NC(=O)COc2ccccc2F)CC1. The molecule has 1 fully saturated rings. The molecule has 0 aliphatic carbocycles. The Labute approximate surface area is 135 Å². The molecule has 0 atom stereocenters. The first-order valence-electron chi connectivity index (χ1n) is 7.93. The predicted octanol–water partition coefficient (Wildman–Crippen LogP) is 1.97. The Bertz CT molecular complexity index is 555. The number of likely N-dealkylation sites (tertiary alicyclic amines) is 1. The summed E-state index contributed by atoms with van der Waals surface area (Å²) in [6, 6.07) is 6.02. The highest BCUT2D eigenvalue weighted by Crippen LogP contribution is 2.16. The molecule has 126 valence electrons. The van der Waals surface area contributed by atoms with Crippen LogP contribution in [0.4, 0.5) is 4.39 Å². The van der Waals surface area contributed by atoms with Crippen LogP contribution in [0.5, 0.6) is 5.75 Å². The predicted molar refractivity (Wildman–Crippen MR) is 84.5 cm³/mol. The molecule has 0 bridgehead atoms. The number of rotatable bonds is 5. The van der Waals surface area contributed by atoms with Crippen LogP contribution in [0.15, 0.2) is 24.3 Å². The summed E-state index contributed by atoms with van der Waals surface area (Å²) in [6.07, 6.45) is 1.45. The van der Waals surface area contributed by atoms with Crippen molar-refractivity contribution in [2.75, 3.05) is 19.7 Å². The zero-order valence-electron chi connectivity index (χ0n) is 13.5. The summed E-state index contributed by atoms with van der Waals surface area (Å²) in [4.78, 5) is 25.6. The van der Waals surface area contributed by atoms with Crippen molar-refractivity contribution in [1.29, 1.82) is 0 Å². The van der Waals surface area contributed by atoms with Crippen LogP contribution >= 0.6 is 0 Å². The molecule has 6 heteroatoms. The van der Waals surface area contributed by atoms with E-state index in [1.807, 2.05) is 18.7 Å². The molecule has 0 saturated carbocycles. The summed E-state index contributed by atoms with van der Waals surface area (Å²) < 4.78 is 18.6. The number of nitrogens with zero attached hydrogens (tertiary/aromatic N) is 1. The maximum Gasteiger partial charge on any atom is 0.258 e. The number of hydrogen-bond acceptors (Lipinski definition) is 3. The van der Waals surface area contributed by atoms with Crippen molar-refractivity contribution in [3.05, 3.63) is 30.1 Å². The Kier molecular flexibility index (Phi) is 5.96. The quantitative estimate of drug-likeness (QED) is 0.902. The zero-order chi connectivity index (χ0) is 16.8. The van der Waals surface area contributed by atoms with Crippen LogP contribution in [0.3, 0.4) is 0 Å². The lowest BCUT2D eigenvalue weighted by atomic mass is 10.0. The topological polar surface area (TPSA) is 58.6 Å². The van der Waals surface area contributed by atoms with Gasteiger partial charge in [-0.05, 0) is 25.0 Å². The first-order chi connectivity index (χ1) is 11.0. The fourth-order valence-corrected chi connectivity index (χ4v) is 2.58. The van der Waals surface area contributed by atoms with Gasteiger partial charge in [-0.2, -0.15) is 0 Å². The molecular formula is C17H23FN2O3. The Morgan fingerprint density at radius 2 is 1.96 bits per heavy atom. The second-order valence-corrected chi connectivity index (χ2v) is 6.04. The molecule has 23 heavy (non-hydrogen) atoms. The number of benzene rings is 1. The van der Waals surface area contributed by atoms with Gasteiger partial charge in [0, 0.05) is 25.0 Å². The van der Waals surface area contributed by atoms with E-state index in [-0.39, 0.29) is 36.1 Å². The number of carbonyl (C=O) groups excluding carboxylic acids is 2. The van der Waals surface area contributed by atoms with Gasteiger partial charge in [-0.25, -0.2) is 4.39 Å². The molecule has 2 amide bonds.